The third-order valence-corrected chi connectivity index (χ3v) is 5.42. The van der Waals surface area contributed by atoms with Crippen LogP contribution in [-0.4, -0.2) is 105 Å². The first-order valence-electron chi connectivity index (χ1n) is 10.1. The molecule has 2 aliphatic heterocycles. The molecule has 1 aromatic heterocycles. The maximum absolute atomic E-state index is 12.4. The van der Waals surface area contributed by atoms with Crippen LogP contribution < -0.4 is 5.32 Å². The van der Waals surface area contributed by atoms with E-state index in [4.69, 9.17) is 9.90 Å². The molecule has 3 rings (SSSR count). The van der Waals surface area contributed by atoms with Crippen molar-refractivity contribution in [2.24, 2.45) is 0 Å². The van der Waals surface area contributed by atoms with Crippen molar-refractivity contribution in [2.75, 3.05) is 52.4 Å². The Balaban J connectivity index is 0.000000878. The fourth-order valence-corrected chi connectivity index (χ4v) is 3.79. The number of carboxylic acid groups (broad SMARTS) is 1. The van der Waals surface area contributed by atoms with Crippen molar-refractivity contribution in [1.29, 1.82) is 0 Å². The van der Waals surface area contributed by atoms with Gasteiger partial charge < -0.3 is 15.3 Å². The quantitative estimate of drug-likeness (QED) is 0.662. The van der Waals surface area contributed by atoms with Crippen molar-refractivity contribution in [1.82, 2.24) is 34.8 Å². The van der Waals surface area contributed by atoms with Crippen molar-refractivity contribution in [2.45, 2.75) is 38.8 Å². The minimum atomic E-state index is -0.250. The van der Waals surface area contributed by atoms with Gasteiger partial charge in [0.1, 0.15) is 12.7 Å². The molecule has 1 aromatic rings. The SMILES string of the molecule is CCN1CCCCC1CNC(=O)N1CCN(CCn2cncn2)CC1.O=CO. The van der Waals surface area contributed by atoms with Gasteiger partial charge in [-0.3, -0.25) is 19.3 Å². The summed E-state index contributed by atoms with van der Waals surface area (Å²) in [5.41, 5.74) is 0. The lowest BCUT2D eigenvalue weighted by Gasteiger charge is -2.37. The maximum Gasteiger partial charge on any atom is 0.317 e. The highest BCUT2D eigenvalue weighted by Crippen LogP contribution is 2.15. The lowest BCUT2D eigenvalue weighted by Crippen LogP contribution is -2.54. The number of hydrogen-bond acceptors (Lipinski definition) is 6. The summed E-state index contributed by atoms with van der Waals surface area (Å²) in [6.45, 7) is 10.2. The van der Waals surface area contributed by atoms with E-state index in [2.05, 4.69) is 32.1 Å². The number of piperidine rings is 1. The highest BCUT2D eigenvalue weighted by molar-refractivity contribution is 5.74. The highest BCUT2D eigenvalue weighted by Gasteiger charge is 2.24. The van der Waals surface area contributed by atoms with E-state index in [0.717, 1.165) is 52.4 Å². The van der Waals surface area contributed by atoms with Crippen LogP contribution in [0.15, 0.2) is 12.7 Å². The zero-order valence-corrected chi connectivity index (χ0v) is 16.7. The second-order valence-corrected chi connectivity index (χ2v) is 7.06. The predicted octanol–water partition coefficient (Wildman–Crippen LogP) is 0.181. The van der Waals surface area contributed by atoms with Crippen LogP contribution in [0.1, 0.15) is 26.2 Å². The van der Waals surface area contributed by atoms with E-state index in [1.165, 1.54) is 25.8 Å². The van der Waals surface area contributed by atoms with Crippen LogP contribution in [0, 0.1) is 0 Å². The molecule has 2 amide bonds. The molecule has 10 nitrogen and oxygen atoms in total. The number of rotatable bonds is 6. The Hall–Kier alpha value is -2.20. The van der Waals surface area contributed by atoms with Gasteiger partial charge in [-0.2, -0.15) is 5.10 Å². The monoisotopic (exact) mass is 395 g/mol. The molecule has 1 unspecified atom stereocenters. The second kappa shape index (κ2) is 12.3. The van der Waals surface area contributed by atoms with Crippen molar-refractivity contribution in [3.05, 3.63) is 12.7 Å². The van der Waals surface area contributed by atoms with E-state index in [-0.39, 0.29) is 12.5 Å². The molecule has 0 saturated carbocycles. The van der Waals surface area contributed by atoms with Gasteiger partial charge >= 0.3 is 6.03 Å². The first-order chi connectivity index (χ1) is 13.7. The number of likely N-dealkylation sites (tertiary alicyclic amines) is 1. The normalized spacial score (nSPS) is 20.9. The summed E-state index contributed by atoms with van der Waals surface area (Å²) >= 11 is 0. The number of hydrogen-bond donors (Lipinski definition) is 2. The molecule has 0 radical (unpaired) electrons. The summed E-state index contributed by atoms with van der Waals surface area (Å²) < 4.78 is 1.85. The summed E-state index contributed by atoms with van der Waals surface area (Å²) in [7, 11) is 0. The highest BCUT2D eigenvalue weighted by atomic mass is 16.3. The van der Waals surface area contributed by atoms with Crippen LogP contribution >= 0.6 is 0 Å². The molecular formula is C18H33N7O3. The molecule has 1 atom stereocenters. The minimum absolute atomic E-state index is 0.0950. The van der Waals surface area contributed by atoms with Gasteiger partial charge in [0, 0.05) is 45.3 Å². The standard InChI is InChI=1S/C17H31N7O.CH2O2/c1-2-22-6-4-3-5-16(22)13-19-17(25)23-10-7-21(8-11-23)9-12-24-15-18-14-20-24;2-1-3/h14-16H,2-13H2,1H3,(H,19,25);1H,(H,2,3). The van der Waals surface area contributed by atoms with E-state index in [9.17, 15) is 4.79 Å². The van der Waals surface area contributed by atoms with Crippen molar-refractivity contribution in [3.63, 3.8) is 0 Å². The number of aromatic nitrogens is 3. The molecule has 2 aliphatic rings. The zero-order valence-electron chi connectivity index (χ0n) is 16.7. The van der Waals surface area contributed by atoms with Gasteiger partial charge in [-0.1, -0.05) is 13.3 Å². The van der Waals surface area contributed by atoms with E-state index < -0.39 is 0 Å². The third-order valence-electron chi connectivity index (χ3n) is 5.42. The topological polar surface area (TPSA) is 107 Å². The summed E-state index contributed by atoms with van der Waals surface area (Å²) in [6.07, 6.45) is 7.07. The second-order valence-electron chi connectivity index (χ2n) is 7.06. The van der Waals surface area contributed by atoms with Crippen molar-refractivity contribution in [3.8, 4) is 0 Å². The Morgan fingerprint density at radius 3 is 2.61 bits per heavy atom. The zero-order chi connectivity index (χ0) is 20.2. The lowest BCUT2D eigenvalue weighted by molar-refractivity contribution is -0.122. The third kappa shape index (κ3) is 7.08. The summed E-state index contributed by atoms with van der Waals surface area (Å²) in [4.78, 5) is 31.6. The number of amides is 2. The van der Waals surface area contributed by atoms with E-state index in [1.807, 2.05) is 9.58 Å². The molecule has 28 heavy (non-hydrogen) atoms. The number of carbonyl (C=O) groups is 2. The minimum Gasteiger partial charge on any atom is -0.483 e. The van der Waals surface area contributed by atoms with Gasteiger partial charge in [0.25, 0.3) is 6.47 Å². The van der Waals surface area contributed by atoms with Gasteiger partial charge in [-0.15, -0.1) is 0 Å². The van der Waals surface area contributed by atoms with Gasteiger partial charge in [-0.25, -0.2) is 9.78 Å². The van der Waals surface area contributed by atoms with Crippen molar-refractivity contribution >= 4 is 12.5 Å². The Kier molecular flexibility index (Phi) is 9.70. The summed E-state index contributed by atoms with van der Waals surface area (Å²) in [5.74, 6) is 0. The summed E-state index contributed by atoms with van der Waals surface area (Å²) in [5, 5.41) is 14.2. The van der Waals surface area contributed by atoms with Crippen LogP contribution in [-0.2, 0) is 11.3 Å². The van der Waals surface area contributed by atoms with Gasteiger partial charge in [0.2, 0.25) is 0 Å². The van der Waals surface area contributed by atoms with E-state index in [0.29, 0.717) is 6.04 Å². The molecule has 0 spiro atoms. The largest absolute Gasteiger partial charge is 0.483 e. The molecule has 0 aliphatic carbocycles. The van der Waals surface area contributed by atoms with Crippen LogP contribution in [0.4, 0.5) is 4.79 Å². The number of urea groups is 1. The Morgan fingerprint density at radius 1 is 1.21 bits per heavy atom. The molecule has 0 bridgehead atoms. The fourth-order valence-electron chi connectivity index (χ4n) is 3.79. The Bertz CT molecular complexity index is 562. The van der Waals surface area contributed by atoms with E-state index >= 15 is 0 Å². The van der Waals surface area contributed by atoms with Crippen LogP contribution in [0.25, 0.3) is 0 Å². The average Bonchev–Trinajstić information content (AvgIpc) is 3.25. The van der Waals surface area contributed by atoms with E-state index in [1.54, 1.807) is 12.7 Å². The number of nitrogens with one attached hydrogen (secondary N) is 1. The molecule has 0 aromatic carbocycles. The number of nitrogens with zero attached hydrogens (tertiary/aromatic N) is 6. The summed E-state index contributed by atoms with van der Waals surface area (Å²) in [6, 6.07) is 0.601. The number of piperazine rings is 1. The molecule has 2 saturated heterocycles. The molecular weight excluding hydrogens is 362 g/mol. The van der Waals surface area contributed by atoms with Crippen LogP contribution in [0.2, 0.25) is 0 Å². The Labute approximate surface area is 166 Å². The van der Waals surface area contributed by atoms with Gasteiger partial charge in [-0.05, 0) is 25.9 Å². The molecule has 2 N–H and O–H groups in total. The van der Waals surface area contributed by atoms with Crippen molar-refractivity contribution < 1.29 is 14.7 Å². The van der Waals surface area contributed by atoms with Crippen LogP contribution in [0.5, 0.6) is 0 Å². The smallest absolute Gasteiger partial charge is 0.317 e. The first-order valence-corrected chi connectivity index (χ1v) is 10.1. The molecule has 3 heterocycles. The van der Waals surface area contributed by atoms with Gasteiger partial charge in [0.15, 0.2) is 0 Å². The molecule has 2 fully saturated rings. The molecule has 158 valence electrons. The fraction of sp³-hybridized carbons (Fsp3) is 0.778. The number of likely N-dealkylation sites (N-methyl/N-ethyl adjacent to an activating group) is 1. The first kappa shape index (κ1) is 22.1. The lowest BCUT2D eigenvalue weighted by atomic mass is 10.0. The molecule has 10 heteroatoms. The van der Waals surface area contributed by atoms with Crippen LogP contribution in [0.3, 0.4) is 0 Å². The average molecular weight is 396 g/mol. The maximum atomic E-state index is 12.4. The predicted molar refractivity (Wildman–Crippen MR) is 105 cm³/mol. The number of carbonyl (C=O) groups excluding carboxylic acids is 1. The Morgan fingerprint density at radius 2 is 1.96 bits per heavy atom. The van der Waals surface area contributed by atoms with Gasteiger partial charge in [0.05, 0.1) is 6.54 Å².